The molecule has 0 amide bonds. The summed E-state index contributed by atoms with van der Waals surface area (Å²) in [5.74, 6) is -0.913. The minimum atomic E-state index is -0.920. The van der Waals surface area contributed by atoms with E-state index in [1.54, 1.807) is 0 Å². The number of nitrogens with zero attached hydrogens (tertiary/aromatic N) is 1. The molecular formula is C25H29ClN4O2. The zero-order valence-corrected chi connectivity index (χ0v) is 18.5. The van der Waals surface area contributed by atoms with Crippen LogP contribution in [0.1, 0.15) is 29.5 Å². The minimum absolute atomic E-state index is 0. The molecule has 6 nitrogen and oxygen atoms in total. The second-order valence-corrected chi connectivity index (χ2v) is 7.33. The fraction of sp³-hybridized carbons (Fsp3) is 0.200. The molecule has 3 aromatic carbocycles. The lowest BCUT2D eigenvalue weighted by atomic mass is 9.76. The molecule has 0 radical (unpaired) electrons. The van der Waals surface area contributed by atoms with Gasteiger partial charge in [-0.2, -0.15) is 0 Å². The van der Waals surface area contributed by atoms with Crippen LogP contribution in [0, 0.1) is 0 Å². The van der Waals surface area contributed by atoms with Crippen molar-refractivity contribution in [2.45, 2.75) is 24.4 Å². The zero-order chi connectivity index (χ0) is 22.1. The molecular weight excluding hydrogens is 424 g/mol. The van der Waals surface area contributed by atoms with E-state index in [2.05, 4.69) is 10.3 Å². The lowest BCUT2D eigenvalue weighted by molar-refractivity contribution is -0.140. The van der Waals surface area contributed by atoms with Crippen LogP contribution in [0.25, 0.3) is 0 Å². The minimum Gasteiger partial charge on any atom is -0.480 e. The number of hydrogen-bond donors (Lipinski definition) is 4. The Labute approximate surface area is 194 Å². The summed E-state index contributed by atoms with van der Waals surface area (Å²) in [7, 11) is 0. The lowest BCUT2D eigenvalue weighted by Gasteiger charge is -2.39. The molecule has 168 valence electrons. The second-order valence-electron chi connectivity index (χ2n) is 7.33. The molecule has 3 rings (SSSR count). The maximum absolute atomic E-state index is 12.3. The van der Waals surface area contributed by atoms with Gasteiger partial charge in [-0.05, 0) is 29.5 Å². The highest BCUT2D eigenvalue weighted by Crippen LogP contribution is 2.37. The van der Waals surface area contributed by atoms with E-state index in [0.717, 1.165) is 16.7 Å². The standard InChI is InChI=1S/C25H28N4O2.ClH/c26-24(27)28-18-10-17-22(23(30)31)29-25(19-11-4-1-5-12-19,20-13-6-2-7-14-20)21-15-8-3-9-16-21;/h1-9,11-16,22,29H,10,17-18H2,(H,30,31)(H4,26,27,28);1H. The van der Waals surface area contributed by atoms with Crippen molar-refractivity contribution in [3.63, 3.8) is 0 Å². The molecule has 0 bridgehead atoms. The van der Waals surface area contributed by atoms with Crippen LogP contribution in [0.2, 0.25) is 0 Å². The molecule has 0 saturated heterocycles. The monoisotopic (exact) mass is 452 g/mol. The Hall–Kier alpha value is -3.35. The number of benzene rings is 3. The molecule has 0 heterocycles. The number of carboxylic acid groups (broad SMARTS) is 1. The molecule has 0 aliphatic heterocycles. The fourth-order valence-electron chi connectivity index (χ4n) is 3.84. The van der Waals surface area contributed by atoms with Crippen LogP contribution in [0.3, 0.4) is 0 Å². The Morgan fingerprint density at radius 1 is 0.844 bits per heavy atom. The average Bonchev–Trinajstić information content (AvgIpc) is 2.80. The van der Waals surface area contributed by atoms with Gasteiger partial charge in [0.1, 0.15) is 6.04 Å². The van der Waals surface area contributed by atoms with Crippen LogP contribution >= 0.6 is 12.4 Å². The van der Waals surface area contributed by atoms with E-state index in [0.29, 0.717) is 19.4 Å². The highest BCUT2D eigenvalue weighted by Gasteiger charge is 2.39. The van der Waals surface area contributed by atoms with Crippen molar-refractivity contribution in [3.05, 3.63) is 108 Å². The molecule has 0 aliphatic carbocycles. The molecule has 1 atom stereocenters. The zero-order valence-electron chi connectivity index (χ0n) is 17.7. The predicted molar refractivity (Wildman–Crippen MR) is 131 cm³/mol. The van der Waals surface area contributed by atoms with Gasteiger partial charge in [-0.3, -0.25) is 15.1 Å². The van der Waals surface area contributed by atoms with Crippen molar-refractivity contribution in [1.29, 1.82) is 0 Å². The summed E-state index contributed by atoms with van der Waals surface area (Å²) in [6.45, 7) is 0.378. The molecule has 0 saturated carbocycles. The number of carbonyl (C=O) groups is 1. The fourth-order valence-corrected chi connectivity index (χ4v) is 3.84. The van der Waals surface area contributed by atoms with Crippen LogP contribution in [0.4, 0.5) is 0 Å². The van der Waals surface area contributed by atoms with Crippen molar-refractivity contribution in [3.8, 4) is 0 Å². The highest BCUT2D eigenvalue weighted by molar-refractivity contribution is 5.85. The number of aliphatic imine (C=N–C) groups is 1. The van der Waals surface area contributed by atoms with Gasteiger partial charge in [0.05, 0.1) is 5.54 Å². The molecule has 0 spiro atoms. The van der Waals surface area contributed by atoms with Crippen LogP contribution < -0.4 is 16.8 Å². The maximum atomic E-state index is 12.3. The molecule has 7 heteroatoms. The van der Waals surface area contributed by atoms with Crippen LogP contribution in [0.15, 0.2) is 96.0 Å². The molecule has 32 heavy (non-hydrogen) atoms. The molecule has 0 fully saturated rings. The normalized spacial score (nSPS) is 11.8. The van der Waals surface area contributed by atoms with Gasteiger partial charge in [-0.15, -0.1) is 12.4 Å². The third-order valence-electron chi connectivity index (χ3n) is 5.25. The highest BCUT2D eigenvalue weighted by atomic mass is 35.5. The van der Waals surface area contributed by atoms with E-state index in [1.165, 1.54) is 0 Å². The van der Waals surface area contributed by atoms with Gasteiger partial charge in [0.2, 0.25) is 0 Å². The quantitative estimate of drug-likeness (QED) is 0.163. The second kappa shape index (κ2) is 11.9. The number of guanidine groups is 1. The number of nitrogens with one attached hydrogen (secondary N) is 1. The Balaban J connectivity index is 0.00000363. The van der Waals surface area contributed by atoms with Gasteiger partial charge in [-0.25, -0.2) is 0 Å². The van der Waals surface area contributed by atoms with E-state index in [1.807, 2.05) is 91.0 Å². The molecule has 3 aromatic rings. The van der Waals surface area contributed by atoms with Gasteiger partial charge >= 0.3 is 5.97 Å². The number of rotatable bonds is 10. The summed E-state index contributed by atoms with van der Waals surface area (Å²) in [4.78, 5) is 16.2. The molecule has 0 aliphatic rings. The Kier molecular flexibility index (Phi) is 9.25. The predicted octanol–water partition coefficient (Wildman–Crippen LogP) is 3.50. The Morgan fingerprint density at radius 2 is 1.25 bits per heavy atom. The van der Waals surface area contributed by atoms with E-state index in [4.69, 9.17) is 11.5 Å². The van der Waals surface area contributed by atoms with E-state index >= 15 is 0 Å². The number of halogens is 1. The van der Waals surface area contributed by atoms with Gasteiger partial charge < -0.3 is 16.6 Å². The number of aliphatic carboxylic acids is 1. The van der Waals surface area contributed by atoms with Gasteiger partial charge in [0.25, 0.3) is 0 Å². The smallest absolute Gasteiger partial charge is 0.320 e. The van der Waals surface area contributed by atoms with Crippen molar-refractivity contribution >= 4 is 24.3 Å². The number of nitrogens with two attached hydrogens (primary N) is 2. The van der Waals surface area contributed by atoms with Gasteiger partial charge in [-0.1, -0.05) is 91.0 Å². The molecule has 6 N–H and O–H groups in total. The summed E-state index contributed by atoms with van der Waals surface area (Å²) in [6.07, 6.45) is 0.913. The maximum Gasteiger partial charge on any atom is 0.320 e. The number of carboxylic acids is 1. The van der Waals surface area contributed by atoms with E-state index < -0.39 is 17.6 Å². The summed E-state index contributed by atoms with van der Waals surface area (Å²) in [6, 6.07) is 28.9. The summed E-state index contributed by atoms with van der Waals surface area (Å²) >= 11 is 0. The van der Waals surface area contributed by atoms with Crippen molar-refractivity contribution < 1.29 is 9.90 Å². The van der Waals surface area contributed by atoms with Crippen molar-refractivity contribution in [2.24, 2.45) is 16.5 Å². The SMILES string of the molecule is Cl.NC(N)=NCCCC(NC(c1ccccc1)(c1ccccc1)c1ccccc1)C(=O)O. The summed E-state index contributed by atoms with van der Waals surface area (Å²) in [5.41, 5.74) is 12.8. The average molecular weight is 453 g/mol. The first-order valence-electron chi connectivity index (χ1n) is 10.3. The van der Waals surface area contributed by atoms with Gasteiger partial charge in [0.15, 0.2) is 5.96 Å². The first-order chi connectivity index (χ1) is 15.0. The van der Waals surface area contributed by atoms with Gasteiger partial charge in [0, 0.05) is 6.54 Å². The lowest BCUT2D eigenvalue weighted by Crippen LogP contribution is -2.52. The van der Waals surface area contributed by atoms with Crippen molar-refractivity contribution in [1.82, 2.24) is 5.32 Å². The Bertz CT molecular complexity index is 898. The van der Waals surface area contributed by atoms with E-state index in [-0.39, 0.29) is 18.4 Å². The summed E-state index contributed by atoms with van der Waals surface area (Å²) in [5, 5.41) is 13.5. The van der Waals surface area contributed by atoms with Crippen LogP contribution in [0.5, 0.6) is 0 Å². The topological polar surface area (TPSA) is 114 Å². The first kappa shape index (κ1) is 24.9. The van der Waals surface area contributed by atoms with Crippen molar-refractivity contribution in [2.75, 3.05) is 6.54 Å². The number of hydrogen-bond acceptors (Lipinski definition) is 3. The summed E-state index contributed by atoms with van der Waals surface area (Å²) < 4.78 is 0. The Morgan fingerprint density at radius 3 is 1.59 bits per heavy atom. The van der Waals surface area contributed by atoms with E-state index in [9.17, 15) is 9.90 Å². The molecule has 1 unspecified atom stereocenters. The van der Waals surface area contributed by atoms with Crippen LogP contribution in [-0.4, -0.2) is 29.6 Å². The molecule has 0 aromatic heterocycles. The third kappa shape index (κ3) is 5.87. The third-order valence-corrected chi connectivity index (χ3v) is 5.25. The first-order valence-corrected chi connectivity index (χ1v) is 10.3. The van der Waals surface area contributed by atoms with Crippen LogP contribution in [-0.2, 0) is 10.3 Å². The largest absolute Gasteiger partial charge is 0.480 e.